The average Bonchev–Trinajstić information content (AvgIpc) is 3.10. The number of fused-ring (bicyclic) bond motifs is 1. The molecule has 0 unspecified atom stereocenters. The van der Waals surface area contributed by atoms with Crippen LogP contribution in [-0.4, -0.2) is 11.1 Å². The summed E-state index contributed by atoms with van der Waals surface area (Å²) < 4.78 is 12.2. The van der Waals surface area contributed by atoms with Crippen LogP contribution in [-0.2, 0) is 24.2 Å². The molecule has 1 heterocycles. The van der Waals surface area contributed by atoms with E-state index >= 15 is 0 Å². The van der Waals surface area contributed by atoms with Crippen LogP contribution in [0, 0.1) is 26.2 Å². The number of hydrogen-bond donors (Lipinski definition) is 1. The number of aliphatic carboxylic acids is 1. The zero-order valence-electron chi connectivity index (χ0n) is 17.2. The molecule has 4 heteroatoms. The molecular weight excluding hydrogens is 364 g/mol. The van der Waals surface area contributed by atoms with Crippen molar-refractivity contribution in [1.82, 2.24) is 0 Å². The van der Waals surface area contributed by atoms with E-state index in [1.807, 2.05) is 38.1 Å². The van der Waals surface area contributed by atoms with Gasteiger partial charge in [0.2, 0.25) is 0 Å². The Morgan fingerprint density at radius 1 is 1.14 bits per heavy atom. The number of rotatable bonds is 8. The molecule has 0 aliphatic heterocycles. The van der Waals surface area contributed by atoms with Crippen LogP contribution < -0.4 is 4.74 Å². The van der Waals surface area contributed by atoms with E-state index in [0.717, 1.165) is 63.1 Å². The minimum atomic E-state index is -0.791. The first-order valence-corrected chi connectivity index (χ1v) is 9.88. The maximum Gasteiger partial charge on any atom is 0.303 e. The molecule has 0 radical (unpaired) electrons. The molecule has 0 amide bonds. The molecule has 3 rings (SSSR count). The van der Waals surface area contributed by atoms with Crippen molar-refractivity contribution < 1.29 is 19.1 Å². The molecule has 1 aromatic heterocycles. The van der Waals surface area contributed by atoms with Gasteiger partial charge in [-0.1, -0.05) is 18.9 Å². The van der Waals surface area contributed by atoms with Crippen LogP contribution in [0.1, 0.15) is 53.3 Å². The van der Waals surface area contributed by atoms with Crippen molar-refractivity contribution >= 4 is 16.9 Å². The van der Waals surface area contributed by atoms with Gasteiger partial charge >= 0.3 is 5.97 Å². The molecule has 2 aromatic carbocycles. The molecule has 0 fully saturated rings. The quantitative estimate of drug-likeness (QED) is 0.510. The van der Waals surface area contributed by atoms with E-state index in [1.165, 1.54) is 0 Å². The highest BCUT2D eigenvalue weighted by Gasteiger charge is 2.13. The van der Waals surface area contributed by atoms with Gasteiger partial charge < -0.3 is 14.3 Å². The van der Waals surface area contributed by atoms with Crippen molar-refractivity contribution in [2.24, 2.45) is 0 Å². The van der Waals surface area contributed by atoms with Crippen LogP contribution >= 0.6 is 0 Å². The second kappa shape index (κ2) is 8.87. The zero-order chi connectivity index (χ0) is 21.0. The number of carboxylic acid groups (broad SMARTS) is 1. The first kappa shape index (κ1) is 20.5. The summed E-state index contributed by atoms with van der Waals surface area (Å²) in [6, 6.07) is 9.81. The Morgan fingerprint density at radius 2 is 1.93 bits per heavy atom. The summed E-state index contributed by atoms with van der Waals surface area (Å²) in [7, 11) is 0. The third kappa shape index (κ3) is 4.63. The van der Waals surface area contributed by atoms with Crippen LogP contribution in [0.15, 0.2) is 34.7 Å². The first-order valence-electron chi connectivity index (χ1n) is 9.88. The maximum absolute atomic E-state index is 10.8. The Labute approximate surface area is 171 Å². The van der Waals surface area contributed by atoms with Gasteiger partial charge in [-0.3, -0.25) is 4.79 Å². The lowest BCUT2D eigenvalue weighted by Gasteiger charge is -2.14. The van der Waals surface area contributed by atoms with Crippen LogP contribution in [0.5, 0.6) is 5.75 Å². The Balaban J connectivity index is 1.85. The Hall–Kier alpha value is -3.19. The van der Waals surface area contributed by atoms with Gasteiger partial charge in [0.1, 0.15) is 23.7 Å². The van der Waals surface area contributed by atoms with E-state index < -0.39 is 5.97 Å². The fourth-order valence-corrected chi connectivity index (χ4v) is 3.52. The zero-order valence-corrected chi connectivity index (χ0v) is 17.2. The normalized spacial score (nSPS) is 10.8. The summed E-state index contributed by atoms with van der Waals surface area (Å²) in [5.41, 5.74) is 5.66. The highest BCUT2D eigenvalue weighted by Crippen LogP contribution is 2.29. The summed E-state index contributed by atoms with van der Waals surface area (Å²) in [4.78, 5) is 10.8. The Kier molecular flexibility index (Phi) is 6.29. The van der Waals surface area contributed by atoms with Gasteiger partial charge in [0.25, 0.3) is 0 Å². The molecule has 150 valence electrons. The monoisotopic (exact) mass is 390 g/mol. The lowest BCUT2D eigenvalue weighted by molar-refractivity contribution is -0.136. The predicted octanol–water partition coefficient (Wildman–Crippen LogP) is 5.58. The fraction of sp³-hybridized carbons (Fsp3) is 0.320. The molecule has 4 nitrogen and oxygen atoms in total. The number of carboxylic acids is 1. The van der Waals surface area contributed by atoms with Crippen LogP contribution in [0.2, 0.25) is 0 Å². The summed E-state index contributed by atoms with van der Waals surface area (Å²) >= 11 is 0. The van der Waals surface area contributed by atoms with Gasteiger partial charge in [0, 0.05) is 29.4 Å². The lowest BCUT2D eigenvalue weighted by atomic mass is 9.99. The van der Waals surface area contributed by atoms with Crippen molar-refractivity contribution in [3.8, 4) is 18.1 Å². The minimum Gasteiger partial charge on any atom is -0.488 e. The molecule has 0 saturated carbocycles. The van der Waals surface area contributed by atoms with E-state index in [9.17, 15) is 4.79 Å². The molecule has 0 aliphatic rings. The lowest BCUT2D eigenvalue weighted by Crippen LogP contribution is -2.03. The number of benzene rings is 2. The largest absolute Gasteiger partial charge is 0.488 e. The van der Waals surface area contributed by atoms with Gasteiger partial charge in [-0.05, 0) is 67.6 Å². The summed E-state index contributed by atoms with van der Waals surface area (Å²) in [5.74, 6) is 3.64. The number of furan rings is 1. The topological polar surface area (TPSA) is 59.7 Å². The van der Waals surface area contributed by atoms with E-state index in [2.05, 4.69) is 18.9 Å². The second-order valence-corrected chi connectivity index (χ2v) is 7.32. The molecule has 0 bridgehead atoms. The van der Waals surface area contributed by atoms with Crippen molar-refractivity contribution in [3.63, 3.8) is 0 Å². The van der Waals surface area contributed by atoms with Crippen molar-refractivity contribution in [3.05, 3.63) is 63.9 Å². The van der Waals surface area contributed by atoms with E-state index in [1.54, 1.807) is 0 Å². The molecule has 3 aromatic rings. The average molecular weight is 390 g/mol. The van der Waals surface area contributed by atoms with Gasteiger partial charge in [-0.25, -0.2) is 0 Å². The fourth-order valence-electron chi connectivity index (χ4n) is 3.52. The van der Waals surface area contributed by atoms with E-state index in [0.29, 0.717) is 13.0 Å². The molecule has 0 atom stereocenters. The van der Waals surface area contributed by atoms with Crippen LogP contribution in [0.3, 0.4) is 0 Å². The molecular formula is C25H26O4. The summed E-state index contributed by atoms with van der Waals surface area (Å²) in [5, 5.41) is 9.92. The molecule has 29 heavy (non-hydrogen) atoms. The highest BCUT2D eigenvalue weighted by atomic mass is 16.5. The number of ether oxygens (including phenoxy) is 1. The molecule has 0 spiro atoms. The Bertz CT molecular complexity index is 1080. The number of carbonyl (C=O) groups is 1. The number of aryl methyl sites for hydroxylation is 2. The van der Waals surface area contributed by atoms with Gasteiger partial charge in [0.05, 0.1) is 0 Å². The smallest absolute Gasteiger partial charge is 0.303 e. The summed E-state index contributed by atoms with van der Waals surface area (Å²) in [6.45, 7) is 6.46. The number of terminal acetylenes is 1. The molecule has 0 saturated heterocycles. The second-order valence-electron chi connectivity index (χ2n) is 7.32. The van der Waals surface area contributed by atoms with Crippen molar-refractivity contribution in [2.75, 3.05) is 0 Å². The van der Waals surface area contributed by atoms with Crippen LogP contribution in [0.4, 0.5) is 0 Å². The molecule has 0 aliphatic carbocycles. The third-order valence-corrected chi connectivity index (χ3v) is 5.25. The maximum atomic E-state index is 10.8. The first-order chi connectivity index (χ1) is 13.9. The van der Waals surface area contributed by atoms with Crippen LogP contribution in [0.25, 0.3) is 11.0 Å². The predicted molar refractivity (Wildman–Crippen MR) is 114 cm³/mol. The van der Waals surface area contributed by atoms with Gasteiger partial charge in [0.15, 0.2) is 0 Å². The van der Waals surface area contributed by atoms with E-state index in [4.69, 9.17) is 20.7 Å². The summed E-state index contributed by atoms with van der Waals surface area (Å²) in [6.07, 6.45) is 8.16. The SMILES string of the molecule is C#Cc1cc(COc2ccc(CCC(=O)O)c(C)c2C)c2oc(CCC)cc2c1. The van der Waals surface area contributed by atoms with Gasteiger partial charge in [-0.15, -0.1) is 6.42 Å². The van der Waals surface area contributed by atoms with E-state index in [-0.39, 0.29) is 6.42 Å². The highest BCUT2D eigenvalue weighted by molar-refractivity contribution is 5.83. The number of hydrogen-bond acceptors (Lipinski definition) is 3. The molecule has 1 N–H and O–H groups in total. The third-order valence-electron chi connectivity index (χ3n) is 5.25. The Morgan fingerprint density at radius 3 is 2.62 bits per heavy atom. The minimum absolute atomic E-state index is 0.121. The standard InChI is InChI=1S/C25H26O4/c1-5-7-22-14-20-12-18(6-2)13-21(25(20)29-22)15-28-23-10-8-19(9-11-24(26)27)16(3)17(23)4/h2,8,10,12-14H,5,7,9,11,15H2,1,3-4H3,(H,26,27). The van der Waals surface area contributed by atoms with Gasteiger partial charge in [-0.2, -0.15) is 0 Å². The van der Waals surface area contributed by atoms with Crippen molar-refractivity contribution in [2.45, 2.75) is 53.1 Å². The van der Waals surface area contributed by atoms with Crippen molar-refractivity contribution in [1.29, 1.82) is 0 Å².